The molecule has 0 aliphatic heterocycles. The van der Waals surface area contributed by atoms with E-state index in [2.05, 4.69) is 38.7 Å². The van der Waals surface area contributed by atoms with Crippen LogP contribution in [0.3, 0.4) is 0 Å². The first kappa shape index (κ1) is 14.8. The predicted molar refractivity (Wildman–Crippen MR) is 91.3 cm³/mol. The van der Waals surface area contributed by atoms with Crippen LogP contribution in [0, 0.1) is 34.5 Å². The molecule has 0 radical (unpaired) electrons. The molecular formula is C21H30O. The largest absolute Gasteiger partial charge is 0.385 e. The van der Waals surface area contributed by atoms with Crippen LogP contribution in [0.1, 0.15) is 52.4 Å². The molecule has 22 heavy (non-hydrogen) atoms. The minimum Gasteiger partial charge on any atom is -0.385 e. The standard InChI is InChI=1S/C21H30O/c1-4-14-6-8-18-17-7-5-15-13-16(22)9-11-21(15,3)19(17)10-12-20(14,18)2/h4,9,11,13-14,16-19,22H,1,5-8,10,12H2,2-3H3. The van der Waals surface area contributed by atoms with Crippen LogP contribution in [0.25, 0.3) is 0 Å². The Morgan fingerprint density at radius 2 is 2.00 bits per heavy atom. The Hall–Kier alpha value is -0.820. The first-order chi connectivity index (χ1) is 10.5. The van der Waals surface area contributed by atoms with Gasteiger partial charge >= 0.3 is 0 Å². The Morgan fingerprint density at radius 3 is 2.77 bits per heavy atom. The monoisotopic (exact) mass is 298 g/mol. The van der Waals surface area contributed by atoms with Gasteiger partial charge in [0.25, 0.3) is 0 Å². The van der Waals surface area contributed by atoms with Gasteiger partial charge in [-0.3, -0.25) is 0 Å². The van der Waals surface area contributed by atoms with Crippen LogP contribution in [-0.4, -0.2) is 11.2 Å². The number of rotatable bonds is 1. The third-order valence-electron chi connectivity index (χ3n) is 8.02. The van der Waals surface area contributed by atoms with Crippen molar-refractivity contribution in [1.82, 2.24) is 0 Å². The highest BCUT2D eigenvalue weighted by molar-refractivity contribution is 5.33. The number of fused-ring (bicyclic) bond motifs is 5. The first-order valence-corrected chi connectivity index (χ1v) is 9.20. The maximum atomic E-state index is 9.94. The van der Waals surface area contributed by atoms with Crippen molar-refractivity contribution in [3.8, 4) is 0 Å². The molecule has 1 heteroatoms. The van der Waals surface area contributed by atoms with E-state index in [0.717, 1.165) is 23.7 Å². The molecule has 0 aromatic rings. The zero-order valence-electron chi connectivity index (χ0n) is 14.1. The van der Waals surface area contributed by atoms with Gasteiger partial charge in [-0.05, 0) is 67.6 Å². The third kappa shape index (κ3) is 1.81. The van der Waals surface area contributed by atoms with Gasteiger partial charge in [0, 0.05) is 5.41 Å². The topological polar surface area (TPSA) is 20.2 Å². The molecule has 0 bridgehead atoms. The summed E-state index contributed by atoms with van der Waals surface area (Å²) in [5, 5.41) is 9.94. The van der Waals surface area contributed by atoms with E-state index in [4.69, 9.17) is 0 Å². The fourth-order valence-electron chi connectivity index (χ4n) is 6.75. The summed E-state index contributed by atoms with van der Waals surface area (Å²) in [6.45, 7) is 9.10. The van der Waals surface area contributed by atoms with Crippen molar-refractivity contribution in [2.75, 3.05) is 0 Å². The molecule has 1 nitrogen and oxygen atoms in total. The van der Waals surface area contributed by atoms with E-state index in [0.29, 0.717) is 5.41 Å². The van der Waals surface area contributed by atoms with Crippen molar-refractivity contribution in [2.45, 2.75) is 58.5 Å². The van der Waals surface area contributed by atoms with E-state index < -0.39 is 0 Å². The molecule has 4 aliphatic carbocycles. The lowest BCUT2D eigenvalue weighted by Crippen LogP contribution is -2.49. The van der Waals surface area contributed by atoms with Crippen LogP contribution < -0.4 is 0 Å². The van der Waals surface area contributed by atoms with Crippen LogP contribution in [0.4, 0.5) is 0 Å². The molecule has 120 valence electrons. The number of allylic oxidation sites excluding steroid dienone is 3. The number of hydrogen-bond donors (Lipinski definition) is 1. The van der Waals surface area contributed by atoms with Crippen molar-refractivity contribution in [2.24, 2.45) is 34.5 Å². The molecule has 0 aromatic heterocycles. The summed E-state index contributed by atoms with van der Waals surface area (Å²) in [4.78, 5) is 0. The molecule has 3 fully saturated rings. The highest BCUT2D eigenvalue weighted by atomic mass is 16.3. The average molecular weight is 298 g/mol. The average Bonchev–Trinajstić information content (AvgIpc) is 2.84. The second-order valence-electron chi connectivity index (χ2n) is 8.70. The van der Waals surface area contributed by atoms with E-state index >= 15 is 0 Å². The Kier molecular flexibility index (Phi) is 3.24. The van der Waals surface area contributed by atoms with Crippen molar-refractivity contribution in [3.63, 3.8) is 0 Å². The molecule has 0 amide bonds. The third-order valence-corrected chi connectivity index (χ3v) is 8.02. The van der Waals surface area contributed by atoms with Crippen LogP contribution in [-0.2, 0) is 0 Å². The van der Waals surface area contributed by atoms with Gasteiger partial charge in [-0.1, -0.05) is 43.7 Å². The minimum atomic E-state index is -0.356. The Labute approximate surface area is 135 Å². The summed E-state index contributed by atoms with van der Waals surface area (Å²) < 4.78 is 0. The molecule has 7 unspecified atom stereocenters. The quantitative estimate of drug-likeness (QED) is 0.683. The SMILES string of the molecule is C=CC1CCC2C3CCC4=CC(O)C=CC4(C)C3CCC12C. The number of aliphatic hydroxyl groups is 1. The second-order valence-corrected chi connectivity index (χ2v) is 8.70. The van der Waals surface area contributed by atoms with Gasteiger partial charge in [0.15, 0.2) is 0 Å². The fraction of sp³-hybridized carbons (Fsp3) is 0.714. The summed E-state index contributed by atoms with van der Waals surface area (Å²) in [5.41, 5.74) is 2.21. The van der Waals surface area contributed by atoms with Crippen molar-refractivity contribution >= 4 is 0 Å². The van der Waals surface area contributed by atoms with Gasteiger partial charge in [0.2, 0.25) is 0 Å². The maximum absolute atomic E-state index is 9.94. The van der Waals surface area contributed by atoms with Crippen LogP contribution in [0.15, 0.2) is 36.5 Å². The summed E-state index contributed by atoms with van der Waals surface area (Å²) in [5.74, 6) is 3.25. The highest BCUT2D eigenvalue weighted by Gasteiger charge is 2.57. The zero-order valence-corrected chi connectivity index (χ0v) is 14.1. The summed E-state index contributed by atoms with van der Waals surface area (Å²) in [6.07, 6.45) is 16.3. The van der Waals surface area contributed by atoms with E-state index in [9.17, 15) is 5.11 Å². The Bertz CT molecular complexity index is 544. The summed E-state index contributed by atoms with van der Waals surface area (Å²) >= 11 is 0. The molecule has 1 N–H and O–H groups in total. The maximum Gasteiger partial charge on any atom is 0.0905 e. The van der Waals surface area contributed by atoms with Gasteiger partial charge in [-0.2, -0.15) is 0 Å². The number of hydrogen-bond acceptors (Lipinski definition) is 1. The van der Waals surface area contributed by atoms with Gasteiger partial charge in [-0.25, -0.2) is 0 Å². The normalized spacial score (nSPS) is 53.2. The molecule has 0 heterocycles. The van der Waals surface area contributed by atoms with Crippen LogP contribution >= 0.6 is 0 Å². The van der Waals surface area contributed by atoms with Gasteiger partial charge in [-0.15, -0.1) is 6.58 Å². The van der Waals surface area contributed by atoms with Crippen molar-refractivity contribution in [3.05, 3.63) is 36.5 Å². The smallest absolute Gasteiger partial charge is 0.0905 e. The molecule has 4 rings (SSSR count). The molecule has 3 saturated carbocycles. The fourth-order valence-corrected chi connectivity index (χ4v) is 6.75. The first-order valence-electron chi connectivity index (χ1n) is 9.20. The van der Waals surface area contributed by atoms with E-state index in [1.54, 1.807) is 0 Å². The molecule has 0 aromatic carbocycles. The highest BCUT2D eigenvalue weighted by Crippen LogP contribution is 2.66. The van der Waals surface area contributed by atoms with Gasteiger partial charge in [0.1, 0.15) is 0 Å². The van der Waals surface area contributed by atoms with Crippen molar-refractivity contribution < 1.29 is 5.11 Å². The molecular weight excluding hydrogens is 268 g/mol. The predicted octanol–water partition coefficient (Wildman–Crippen LogP) is 4.89. The summed E-state index contributed by atoms with van der Waals surface area (Å²) in [7, 11) is 0. The van der Waals surface area contributed by atoms with E-state index in [1.807, 2.05) is 6.08 Å². The molecule has 0 saturated heterocycles. The molecule has 4 aliphatic rings. The molecule has 7 atom stereocenters. The molecule has 0 spiro atoms. The second kappa shape index (κ2) is 4.84. The number of aliphatic hydroxyl groups excluding tert-OH is 1. The lowest BCUT2D eigenvalue weighted by atomic mass is 9.48. The summed E-state index contributed by atoms with van der Waals surface area (Å²) in [6, 6.07) is 0. The van der Waals surface area contributed by atoms with E-state index in [1.165, 1.54) is 44.1 Å². The lowest BCUT2D eigenvalue weighted by Gasteiger charge is -2.57. The lowest BCUT2D eigenvalue weighted by molar-refractivity contribution is -0.0272. The van der Waals surface area contributed by atoms with Crippen LogP contribution in [0.5, 0.6) is 0 Å². The van der Waals surface area contributed by atoms with Crippen molar-refractivity contribution in [1.29, 1.82) is 0 Å². The van der Waals surface area contributed by atoms with E-state index in [-0.39, 0.29) is 11.5 Å². The van der Waals surface area contributed by atoms with Gasteiger partial charge < -0.3 is 5.11 Å². The van der Waals surface area contributed by atoms with Gasteiger partial charge in [0.05, 0.1) is 6.10 Å². The Balaban J connectivity index is 1.68. The minimum absolute atomic E-state index is 0.204. The van der Waals surface area contributed by atoms with Crippen LogP contribution in [0.2, 0.25) is 0 Å². The zero-order chi connectivity index (χ0) is 15.5. The Morgan fingerprint density at radius 1 is 1.18 bits per heavy atom.